The van der Waals surface area contributed by atoms with Gasteiger partial charge in [-0.15, -0.1) is 11.8 Å². The van der Waals surface area contributed by atoms with E-state index in [0.29, 0.717) is 10.8 Å². The fourth-order valence-corrected chi connectivity index (χ4v) is 2.75. The molecular formula is C16H17FN2S2. The molecule has 2 N–H and O–H groups in total. The summed E-state index contributed by atoms with van der Waals surface area (Å²) in [6.07, 6.45) is 0. The zero-order valence-electron chi connectivity index (χ0n) is 11.7. The van der Waals surface area contributed by atoms with Crippen molar-refractivity contribution >= 4 is 34.8 Å². The standard InChI is InChI=1S/C16H17FN2S2/c1-12-7-8-14(17)15(11-12)19-16(20)18-9-10-21-13-5-3-2-4-6-13/h2-8,11H,9-10H2,1H3,(H2,18,19,20). The van der Waals surface area contributed by atoms with Crippen molar-refractivity contribution in [3.8, 4) is 0 Å². The first-order valence-corrected chi connectivity index (χ1v) is 8.03. The van der Waals surface area contributed by atoms with Gasteiger partial charge in [-0.25, -0.2) is 4.39 Å². The Kier molecular flexibility index (Phi) is 6.02. The molecule has 0 saturated carbocycles. The highest BCUT2D eigenvalue weighted by Gasteiger charge is 2.04. The molecule has 0 aromatic heterocycles. The summed E-state index contributed by atoms with van der Waals surface area (Å²) in [6.45, 7) is 2.64. The maximum absolute atomic E-state index is 13.6. The number of thiocarbonyl (C=S) groups is 1. The van der Waals surface area contributed by atoms with Crippen LogP contribution in [-0.4, -0.2) is 17.4 Å². The summed E-state index contributed by atoms with van der Waals surface area (Å²) < 4.78 is 13.6. The lowest BCUT2D eigenvalue weighted by Crippen LogP contribution is -2.30. The Morgan fingerprint density at radius 3 is 2.71 bits per heavy atom. The molecule has 110 valence electrons. The second kappa shape index (κ2) is 8.00. The van der Waals surface area contributed by atoms with Gasteiger partial charge in [0.25, 0.3) is 0 Å². The quantitative estimate of drug-likeness (QED) is 0.489. The predicted octanol–water partition coefficient (Wildman–Crippen LogP) is 4.21. The third kappa shape index (κ3) is 5.36. The van der Waals surface area contributed by atoms with Crippen LogP contribution in [-0.2, 0) is 0 Å². The summed E-state index contributed by atoms with van der Waals surface area (Å²) >= 11 is 6.92. The minimum atomic E-state index is -0.302. The van der Waals surface area contributed by atoms with Gasteiger partial charge in [0.15, 0.2) is 5.11 Å². The van der Waals surface area contributed by atoms with Gasteiger partial charge in [-0.2, -0.15) is 0 Å². The van der Waals surface area contributed by atoms with Crippen LogP contribution in [0.15, 0.2) is 53.4 Å². The summed E-state index contributed by atoms with van der Waals surface area (Å²) in [6, 6.07) is 15.1. The second-order valence-electron chi connectivity index (χ2n) is 4.53. The van der Waals surface area contributed by atoms with Gasteiger partial charge < -0.3 is 10.6 Å². The Hall–Kier alpha value is -1.59. The molecule has 5 heteroatoms. The Labute approximate surface area is 134 Å². The molecule has 0 aliphatic heterocycles. The van der Waals surface area contributed by atoms with Gasteiger partial charge in [0, 0.05) is 17.2 Å². The molecule has 0 bridgehead atoms. The first-order chi connectivity index (χ1) is 10.1. The van der Waals surface area contributed by atoms with Crippen LogP contribution in [0.25, 0.3) is 0 Å². The molecule has 0 atom stereocenters. The molecule has 0 aliphatic carbocycles. The Bertz CT molecular complexity index is 602. The molecule has 0 radical (unpaired) electrons. The predicted molar refractivity (Wildman–Crippen MR) is 92.5 cm³/mol. The van der Waals surface area contributed by atoms with Crippen LogP contribution in [0.3, 0.4) is 0 Å². The van der Waals surface area contributed by atoms with E-state index in [2.05, 4.69) is 22.8 Å². The second-order valence-corrected chi connectivity index (χ2v) is 6.10. The zero-order chi connectivity index (χ0) is 15.1. The topological polar surface area (TPSA) is 24.1 Å². The van der Waals surface area contributed by atoms with Crippen molar-refractivity contribution < 1.29 is 4.39 Å². The average Bonchev–Trinajstić information content (AvgIpc) is 2.48. The van der Waals surface area contributed by atoms with Crippen molar-refractivity contribution in [2.45, 2.75) is 11.8 Å². The van der Waals surface area contributed by atoms with E-state index >= 15 is 0 Å². The third-order valence-corrected chi connectivity index (χ3v) is 4.03. The first-order valence-electron chi connectivity index (χ1n) is 6.64. The monoisotopic (exact) mass is 320 g/mol. The third-order valence-electron chi connectivity index (χ3n) is 2.77. The van der Waals surface area contributed by atoms with Gasteiger partial charge in [0.1, 0.15) is 5.82 Å². The van der Waals surface area contributed by atoms with Crippen molar-refractivity contribution in [1.82, 2.24) is 5.32 Å². The lowest BCUT2D eigenvalue weighted by Gasteiger charge is -2.11. The lowest BCUT2D eigenvalue weighted by molar-refractivity contribution is 0.631. The maximum atomic E-state index is 13.6. The number of benzene rings is 2. The zero-order valence-corrected chi connectivity index (χ0v) is 13.4. The van der Waals surface area contributed by atoms with E-state index in [-0.39, 0.29) is 5.82 Å². The van der Waals surface area contributed by atoms with Gasteiger partial charge >= 0.3 is 0 Å². The van der Waals surface area contributed by atoms with Crippen LogP contribution >= 0.6 is 24.0 Å². The number of hydrogen-bond acceptors (Lipinski definition) is 2. The van der Waals surface area contributed by atoms with E-state index in [1.807, 2.05) is 25.1 Å². The Morgan fingerprint density at radius 2 is 1.95 bits per heavy atom. The van der Waals surface area contributed by atoms with Crippen LogP contribution in [0.1, 0.15) is 5.56 Å². The number of anilines is 1. The van der Waals surface area contributed by atoms with Crippen molar-refractivity contribution in [3.63, 3.8) is 0 Å². The van der Waals surface area contributed by atoms with Crippen LogP contribution in [0.2, 0.25) is 0 Å². The fraction of sp³-hybridized carbons (Fsp3) is 0.188. The highest BCUT2D eigenvalue weighted by molar-refractivity contribution is 7.99. The molecule has 2 nitrogen and oxygen atoms in total. The van der Waals surface area contributed by atoms with E-state index in [9.17, 15) is 4.39 Å². The number of hydrogen-bond donors (Lipinski definition) is 2. The van der Waals surface area contributed by atoms with Crippen LogP contribution in [0.4, 0.5) is 10.1 Å². The fourth-order valence-electron chi connectivity index (χ4n) is 1.75. The Morgan fingerprint density at radius 1 is 1.19 bits per heavy atom. The molecule has 0 spiro atoms. The van der Waals surface area contributed by atoms with Crippen molar-refractivity contribution in [2.24, 2.45) is 0 Å². The van der Waals surface area contributed by atoms with E-state index in [4.69, 9.17) is 12.2 Å². The summed E-state index contributed by atoms with van der Waals surface area (Å²) in [5, 5.41) is 6.40. The summed E-state index contributed by atoms with van der Waals surface area (Å²) in [7, 11) is 0. The molecule has 0 fully saturated rings. The molecule has 0 heterocycles. The van der Waals surface area contributed by atoms with Gasteiger partial charge in [0.05, 0.1) is 5.69 Å². The molecular weight excluding hydrogens is 303 g/mol. The summed E-state index contributed by atoms with van der Waals surface area (Å²) in [4.78, 5) is 1.22. The molecule has 2 aromatic rings. The number of rotatable bonds is 5. The minimum Gasteiger partial charge on any atom is -0.362 e. The molecule has 0 amide bonds. The van der Waals surface area contributed by atoms with Gasteiger partial charge in [0.2, 0.25) is 0 Å². The van der Waals surface area contributed by atoms with Crippen LogP contribution in [0, 0.1) is 12.7 Å². The average molecular weight is 320 g/mol. The number of thioether (sulfide) groups is 1. The molecule has 21 heavy (non-hydrogen) atoms. The maximum Gasteiger partial charge on any atom is 0.170 e. The normalized spacial score (nSPS) is 10.2. The highest BCUT2D eigenvalue weighted by Crippen LogP contribution is 2.16. The number of aryl methyl sites for hydroxylation is 1. The van der Waals surface area contributed by atoms with E-state index in [1.54, 1.807) is 23.9 Å². The summed E-state index contributed by atoms with van der Waals surface area (Å²) in [5.74, 6) is 0.589. The van der Waals surface area contributed by atoms with Crippen LogP contribution < -0.4 is 10.6 Å². The van der Waals surface area contributed by atoms with Crippen molar-refractivity contribution in [3.05, 3.63) is 59.9 Å². The number of nitrogens with one attached hydrogen (secondary N) is 2. The number of halogens is 1. The van der Waals surface area contributed by atoms with Gasteiger partial charge in [-0.05, 0) is 49.0 Å². The molecule has 0 aliphatic rings. The van der Waals surface area contributed by atoms with E-state index < -0.39 is 0 Å². The smallest absolute Gasteiger partial charge is 0.170 e. The SMILES string of the molecule is Cc1ccc(F)c(NC(=S)NCCSc2ccccc2)c1. The lowest BCUT2D eigenvalue weighted by atomic mass is 10.2. The van der Waals surface area contributed by atoms with Crippen molar-refractivity contribution in [2.75, 3.05) is 17.6 Å². The largest absolute Gasteiger partial charge is 0.362 e. The summed E-state index contributed by atoms with van der Waals surface area (Å²) in [5.41, 5.74) is 1.39. The molecule has 2 aromatic carbocycles. The van der Waals surface area contributed by atoms with E-state index in [0.717, 1.165) is 17.9 Å². The van der Waals surface area contributed by atoms with E-state index in [1.165, 1.54) is 11.0 Å². The van der Waals surface area contributed by atoms with Gasteiger partial charge in [-0.3, -0.25) is 0 Å². The first kappa shape index (κ1) is 15.8. The van der Waals surface area contributed by atoms with Crippen molar-refractivity contribution in [1.29, 1.82) is 0 Å². The Balaban J connectivity index is 1.74. The minimum absolute atomic E-state index is 0.302. The molecule has 0 saturated heterocycles. The molecule has 0 unspecified atom stereocenters. The molecule has 2 rings (SSSR count). The van der Waals surface area contributed by atoms with Crippen LogP contribution in [0.5, 0.6) is 0 Å². The van der Waals surface area contributed by atoms with Gasteiger partial charge in [-0.1, -0.05) is 24.3 Å². The highest BCUT2D eigenvalue weighted by atomic mass is 32.2.